The average Bonchev–Trinajstić information content (AvgIpc) is 2.90. The molecular weight excluding hydrogens is 422 g/mol. The number of rotatable bonds is 7. The number of nitrogens with zero attached hydrogens (tertiary/aromatic N) is 2. The van der Waals surface area contributed by atoms with Crippen molar-refractivity contribution < 1.29 is 9.59 Å². The van der Waals surface area contributed by atoms with Crippen LogP contribution in [-0.2, 0) is 4.79 Å². The molecule has 1 aliphatic rings. The monoisotopic (exact) mass is 455 g/mol. The van der Waals surface area contributed by atoms with Crippen molar-refractivity contribution in [3.05, 3.63) is 84.4 Å². The topological polar surface area (TPSA) is 52.7 Å². The number of nitrogens with one attached hydrogen (secondary N) is 1. The second-order valence-electron chi connectivity index (χ2n) is 8.77. The second kappa shape index (κ2) is 11.0. The Hall–Kier alpha value is -3.60. The molecule has 5 heteroatoms. The molecule has 1 saturated heterocycles. The van der Waals surface area contributed by atoms with Crippen LogP contribution >= 0.6 is 0 Å². The van der Waals surface area contributed by atoms with Crippen LogP contribution in [0.5, 0.6) is 0 Å². The van der Waals surface area contributed by atoms with Gasteiger partial charge in [-0.3, -0.25) is 9.59 Å². The third kappa shape index (κ3) is 5.48. The van der Waals surface area contributed by atoms with Crippen LogP contribution in [-0.4, -0.2) is 42.9 Å². The molecular formula is C29H33N3O2. The molecule has 0 atom stereocenters. The van der Waals surface area contributed by atoms with Gasteiger partial charge in [0.15, 0.2) is 0 Å². The fourth-order valence-corrected chi connectivity index (χ4v) is 4.48. The maximum Gasteiger partial charge on any atom is 0.255 e. The summed E-state index contributed by atoms with van der Waals surface area (Å²) in [6.45, 7) is 7.33. The summed E-state index contributed by atoms with van der Waals surface area (Å²) in [6.07, 6.45) is 1.81. The van der Waals surface area contributed by atoms with Gasteiger partial charge in [0.2, 0.25) is 5.91 Å². The van der Waals surface area contributed by atoms with Crippen molar-refractivity contribution in [2.24, 2.45) is 5.92 Å². The van der Waals surface area contributed by atoms with Gasteiger partial charge in [0.25, 0.3) is 5.91 Å². The van der Waals surface area contributed by atoms with Gasteiger partial charge in [-0.1, -0.05) is 56.3 Å². The number of hydrogen-bond acceptors (Lipinski definition) is 3. The van der Waals surface area contributed by atoms with Gasteiger partial charge in [-0.25, -0.2) is 0 Å². The highest BCUT2D eigenvalue weighted by Crippen LogP contribution is 2.23. The fraction of sp³-hybridized carbons (Fsp3) is 0.310. The highest BCUT2D eigenvalue weighted by Gasteiger charge is 2.25. The van der Waals surface area contributed by atoms with Gasteiger partial charge < -0.3 is 15.1 Å². The van der Waals surface area contributed by atoms with Gasteiger partial charge in [0, 0.05) is 49.0 Å². The first kappa shape index (κ1) is 23.6. The smallest absolute Gasteiger partial charge is 0.255 e. The van der Waals surface area contributed by atoms with E-state index < -0.39 is 0 Å². The van der Waals surface area contributed by atoms with E-state index in [1.54, 1.807) is 0 Å². The first-order valence-electron chi connectivity index (χ1n) is 12.2. The SMILES string of the molecule is CCC(CC)C(=O)N1CCN(c2ccc(NC(=O)c3ccc(-c4ccccc4)cc3)cc2)CC1. The zero-order valence-corrected chi connectivity index (χ0v) is 20.0. The number of carbonyl (C=O) groups is 2. The van der Waals surface area contributed by atoms with Crippen LogP contribution in [0, 0.1) is 5.92 Å². The average molecular weight is 456 g/mol. The molecule has 0 saturated carbocycles. The number of amides is 2. The van der Waals surface area contributed by atoms with Crippen molar-refractivity contribution >= 4 is 23.2 Å². The van der Waals surface area contributed by atoms with Crippen molar-refractivity contribution in [3.63, 3.8) is 0 Å². The molecule has 34 heavy (non-hydrogen) atoms. The van der Waals surface area contributed by atoms with E-state index in [2.05, 4.69) is 36.2 Å². The first-order chi connectivity index (χ1) is 16.6. The Morgan fingerprint density at radius 1 is 0.765 bits per heavy atom. The lowest BCUT2D eigenvalue weighted by Crippen LogP contribution is -2.50. The number of piperazine rings is 1. The third-order valence-electron chi connectivity index (χ3n) is 6.67. The lowest BCUT2D eigenvalue weighted by molar-refractivity contribution is -0.136. The van der Waals surface area contributed by atoms with Crippen LogP contribution in [0.25, 0.3) is 11.1 Å². The van der Waals surface area contributed by atoms with Crippen LogP contribution in [0.2, 0.25) is 0 Å². The predicted molar refractivity (Wildman–Crippen MR) is 139 cm³/mol. The maximum atomic E-state index is 12.7. The third-order valence-corrected chi connectivity index (χ3v) is 6.67. The summed E-state index contributed by atoms with van der Waals surface area (Å²) >= 11 is 0. The van der Waals surface area contributed by atoms with Crippen LogP contribution in [0.3, 0.4) is 0 Å². The molecule has 4 rings (SSSR count). The highest BCUT2D eigenvalue weighted by molar-refractivity contribution is 6.04. The largest absolute Gasteiger partial charge is 0.368 e. The van der Waals surface area contributed by atoms with Gasteiger partial charge in [-0.15, -0.1) is 0 Å². The molecule has 0 radical (unpaired) electrons. The summed E-state index contributed by atoms with van der Waals surface area (Å²) in [5.41, 5.74) is 4.72. The highest BCUT2D eigenvalue weighted by atomic mass is 16.2. The maximum absolute atomic E-state index is 12.7. The summed E-state index contributed by atoms with van der Waals surface area (Å²) in [6, 6.07) is 25.7. The first-order valence-corrected chi connectivity index (χ1v) is 12.2. The molecule has 0 aromatic heterocycles. The van der Waals surface area contributed by atoms with Crippen LogP contribution < -0.4 is 10.2 Å². The molecule has 0 spiro atoms. The Labute approximate surface area is 202 Å². The molecule has 1 aliphatic heterocycles. The molecule has 5 nitrogen and oxygen atoms in total. The Morgan fingerprint density at radius 3 is 1.94 bits per heavy atom. The number of anilines is 2. The van der Waals surface area contributed by atoms with Gasteiger partial charge in [0.05, 0.1) is 0 Å². The minimum absolute atomic E-state index is 0.124. The molecule has 0 bridgehead atoms. The minimum Gasteiger partial charge on any atom is -0.368 e. The van der Waals surface area contributed by atoms with Crippen LogP contribution in [0.4, 0.5) is 11.4 Å². The van der Waals surface area contributed by atoms with Gasteiger partial charge >= 0.3 is 0 Å². The fourth-order valence-electron chi connectivity index (χ4n) is 4.48. The van der Waals surface area contributed by atoms with Gasteiger partial charge in [-0.2, -0.15) is 0 Å². The summed E-state index contributed by atoms with van der Waals surface area (Å²) in [5, 5.41) is 2.98. The number of hydrogen-bond donors (Lipinski definition) is 1. The summed E-state index contributed by atoms with van der Waals surface area (Å²) in [4.78, 5) is 29.6. The number of benzene rings is 3. The normalized spacial score (nSPS) is 13.7. The minimum atomic E-state index is -0.124. The van der Waals surface area contributed by atoms with Crippen molar-refractivity contribution in [1.29, 1.82) is 0 Å². The Bertz CT molecular complexity index is 1080. The Morgan fingerprint density at radius 2 is 1.35 bits per heavy atom. The van der Waals surface area contributed by atoms with Gasteiger partial charge in [0.1, 0.15) is 0 Å². The lowest BCUT2D eigenvalue weighted by atomic mass is 10.0. The molecule has 1 fully saturated rings. The quantitative estimate of drug-likeness (QED) is 0.498. The van der Waals surface area contributed by atoms with E-state index >= 15 is 0 Å². The van der Waals surface area contributed by atoms with Crippen molar-refractivity contribution in [3.8, 4) is 11.1 Å². The summed E-state index contributed by atoms with van der Waals surface area (Å²) in [7, 11) is 0. The Balaban J connectivity index is 1.32. The molecule has 1 heterocycles. The zero-order valence-electron chi connectivity index (χ0n) is 20.0. The van der Waals surface area contributed by atoms with E-state index in [1.165, 1.54) is 0 Å². The van der Waals surface area contributed by atoms with E-state index in [1.807, 2.05) is 71.6 Å². The second-order valence-corrected chi connectivity index (χ2v) is 8.77. The molecule has 1 N–H and O–H groups in total. The Kier molecular flexibility index (Phi) is 7.63. The summed E-state index contributed by atoms with van der Waals surface area (Å²) < 4.78 is 0. The summed E-state index contributed by atoms with van der Waals surface area (Å²) in [5.74, 6) is 0.310. The lowest BCUT2D eigenvalue weighted by Gasteiger charge is -2.37. The van der Waals surface area contributed by atoms with Crippen LogP contribution in [0.15, 0.2) is 78.9 Å². The van der Waals surface area contributed by atoms with E-state index in [-0.39, 0.29) is 11.8 Å². The standard InChI is InChI=1S/C29H33N3O2/c1-3-22(4-2)29(34)32-20-18-31(19-21-32)27-16-14-26(15-17-27)30-28(33)25-12-10-24(11-13-25)23-8-6-5-7-9-23/h5-17,22H,3-4,18-21H2,1-2H3,(H,30,33). The van der Waals surface area contributed by atoms with Crippen LogP contribution in [0.1, 0.15) is 37.0 Å². The predicted octanol–water partition coefficient (Wildman–Crippen LogP) is 5.69. The molecule has 176 valence electrons. The molecule has 0 unspecified atom stereocenters. The van der Waals surface area contributed by atoms with Crippen molar-refractivity contribution in [2.75, 3.05) is 36.4 Å². The number of carbonyl (C=O) groups excluding carboxylic acids is 2. The van der Waals surface area contributed by atoms with E-state index in [0.29, 0.717) is 11.5 Å². The van der Waals surface area contributed by atoms with Crippen molar-refractivity contribution in [2.45, 2.75) is 26.7 Å². The van der Waals surface area contributed by atoms with Crippen molar-refractivity contribution in [1.82, 2.24) is 4.90 Å². The molecule has 0 aliphatic carbocycles. The molecule has 3 aromatic carbocycles. The molecule has 2 amide bonds. The van der Waals surface area contributed by atoms with E-state index in [9.17, 15) is 9.59 Å². The van der Waals surface area contributed by atoms with E-state index in [0.717, 1.165) is 61.5 Å². The molecule has 3 aromatic rings. The van der Waals surface area contributed by atoms with Gasteiger partial charge in [-0.05, 0) is 60.4 Å². The zero-order chi connectivity index (χ0) is 23.9. The van der Waals surface area contributed by atoms with E-state index in [4.69, 9.17) is 0 Å².